The van der Waals surface area contributed by atoms with Crippen LogP contribution in [0.4, 0.5) is 0 Å². The molecule has 1 saturated heterocycles. The third-order valence-electron chi connectivity index (χ3n) is 2.81. The van der Waals surface area contributed by atoms with Crippen LogP contribution in [0.15, 0.2) is 0 Å². The highest BCUT2D eigenvalue weighted by atomic mass is 32.2. The van der Waals surface area contributed by atoms with E-state index in [0.29, 0.717) is 0 Å². The van der Waals surface area contributed by atoms with Crippen molar-refractivity contribution in [2.24, 2.45) is 0 Å². The van der Waals surface area contributed by atoms with Crippen LogP contribution in [0.5, 0.6) is 0 Å². The van der Waals surface area contributed by atoms with Crippen LogP contribution >= 0.6 is 11.8 Å². The summed E-state index contributed by atoms with van der Waals surface area (Å²) in [4.78, 5) is 0. The molecule has 1 aliphatic heterocycles. The molecular formula is C10H20O4S. The zero-order chi connectivity index (χ0) is 11.3. The minimum atomic E-state index is -0.862. The Balaban J connectivity index is 2.66. The Labute approximate surface area is 95.0 Å². The molecule has 0 saturated carbocycles. The molecule has 0 spiro atoms. The average Bonchev–Trinajstić information content (AvgIpc) is 2.32. The Bertz CT molecular complexity index is 161. The van der Waals surface area contributed by atoms with Gasteiger partial charge in [0.1, 0.15) is 12.2 Å². The summed E-state index contributed by atoms with van der Waals surface area (Å²) in [7, 11) is 3.12. The topological polar surface area (TPSA) is 58.9 Å². The van der Waals surface area contributed by atoms with Gasteiger partial charge in [-0.2, -0.15) is 11.8 Å². The van der Waals surface area contributed by atoms with Gasteiger partial charge in [-0.15, -0.1) is 0 Å². The van der Waals surface area contributed by atoms with Crippen LogP contribution in [0.1, 0.15) is 12.8 Å². The number of ether oxygens (including phenoxy) is 2. The normalized spacial score (nSPS) is 39.2. The van der Waals surface area contributed by atoms with Crippen molar-refractivity contribution in [1.29, 1.82) is 0 Å². The minimum absolute atomic E-state index is 0.303. The molecule has 1 rings (SSSR count). The van der Waals surface area contributed by atoms with Gasteiger partial charge in [-0.05, 0) is 24.3 Å². The van der Waals surface area contributed by atoms with Gasteiger partial charge in [0.25, 0.3) is 0 Å². The molecule has 4 atom stereocenters. The van der Waals surface area contributed by atoms with E-state index in [1.807, 2.05) is 0 Å². The number of aliphatic hydroxyl groups excluding tert-OH is 2. The lowest BCUT2D eigenvalue weighted by Gasteiger charge is -2.29. The predicted octanol–water partition coefficient (Wildman–Crippen LogP) is 0.265. The summed E-state index contributed by atoms with van der Waals surface area (Å²) in [6.07, 6.45) is -0.810. The number of thioether (sulfide) groups is 1. The molecule has 0 aromatic rings. The van der Waals surface area contributed by atoms with E-state index in [1.165, 1.54) is 0 Å². The fourth-order valence-electron chi connectivity index (χ4n) is 1.80. The minimum Gasteiger partial charge on any atom is -0.388 e. The van der Waals surface area contributed by atoms with E-state index < -0.39 is 12.2 Å². The van der Waals surface area contributed by atoms with Crippen molar-refractivity contribution in [3.63, 3.8) is 0 Å². The Morgan fingerprint density at radius 1 is 0.933 bits per heavy atom. The second kappa shape index (κ2) is 6.70. The first-order valence-electron chi connectivity index (χ1n) is 5.20. The van der Waals surface area contributed by atoms with Gasteiger partial charge in [0.2, 0.25) is 0 Å². The van der Waals surface area contributed by atoms with E-state index >= 15 is 0 Å². The first kappa shape index (κ1) is 13.3. The summed E-state index contributed by atoms with van der Waals surface area (Å²) < 4.78 is 10.4. The van der Waals surface area contributed by atoms with E-state index in [2.05, 4.69) is 0 Å². The molecule has 15 heavy (non-hydrogen) atoms. The number of hydrogen-bond donors (Lipinski definition) is 2. The molecular weight excluding hydrogens is 216 g/mol. The number of methoxy groups -OCH3 is 2. The molecule has 0 aliphatic carbocycles. The third-order valence-corrected chi connectivity index (χ3v) is 3.86. The lowest BCUT2D eigenvalue weighted by Crippen LogP contribution is -2.45. The molecule has 1 heterocycles. The molecule has 5 heteroatoms. The first-order valence-corrected chi connectivity index (χ1v) is 6.35. The fraction of sp³-hybridized carbons (Fsp3) is 1.00. The van der Waals surface area contributed by atoms with Gasteiger partial charge < -0.3 is 19.7 Å². The Kier molecular flexibility index (Phi) is 5.92. The molecule has 2 N–H and O–H groups in total. The Morgan fingerprint density at radius 2 is 1.33 bits per heavy atom. The molecule has 90 valence electrons. The molecule has 0 radical (unpaired) electrons. The molecule has 1 aliphatic rings. The maximum Gasteiger partial charge on any atom is 0.109 e. The maximum absolute atomic E-state index is 9.90. The molecule has 1 fully saturated rings. The first-order chi connectivity index (χ1) is 7.20. The van der Waals surface area contributed by atoms with Crippen LogP contribution in [0, 0.1) is 0 Å². The van der Waals surface area contributed by atoms with Crippen LogP contribution in [0.25, 0.3) is 0 Å². The summed E-state index contributed by atoms with van der Waals surface area (Å²) in [5.41, 5.74) is 0. The molecule has 0 bridgehead atoms. The van der Waals surface area contributed by atoms with Crippen LogP contribution in [0.3, 0.4) is 0 Å². The van der Waals surface area contributed by atoms with Gasteiger partial charge >= 0.3 is 0 Å². The van der Waals surface area contributed by atoms with Crippen molar-refractivity contribution in [2.75, 3.05) is 25.7 Å². The van der Waals surface area contributed by atoms with Gasteiger partial charge in [-0.25, -0.2) is 0 Å². The van der Waals surface area contributed by atoms with Crippen LogP contribution in [-0.2, 0) is 9.47 Å². The highest BCUT2D eigenvalue weighted by Crippen LogP contribution is 2.21. The SMILES string of the molecule is CO[C@H]1CCSCC[C@H](OC)[C@@H](O)[C@@H]1O. The smallest absolute Gasteiger partial charge is 0.109 e. The zero-order valence-corrected chi connectivity index (χ0v) is 10.1. The molecule has 0 amide bonds. The summed E-state index contributed by atoms with van der Waals surface area (Å²) >= 11 is 1.80. The highest BCUT2D eigenvalue weighted by Gasteiger charge is 2.33. The van der Waals surface area contributed by atoms with Crippen molar-refractivity contribution >= 4 is 11.8 Å². The molecule has 0 aromatic carbocycles. The van der Waals surface area contributed by atoms with Gasteiger partial charge in [0, 0.05) is 14.2 Å². The number of rotatable bonds is 2. The maximum atomic E-state index is 9.90. The van der Waals surface area contributed by atoms with Crippen LogP contribution < -0.4 is 0 Å². The van der Waals surface area contributed by atoms with Gasteiger partial charge in [0.05, 0.1) is 12.2 Å². The third kappa shape index (κ3) is 3.60. The lowest BCUT2D eigenvalue weighted by molar-refractivity contribution is -0.122. The van der Waals surface area contributed by atoms with Crippen LogP contribution in [-0.4, -0.2) is 60.4 Å². The van der Waals surface area contributed by atoms with E-state index in [-0.39, 0.29) is 12.2 Å². The van der Waals surface area contributed by atoms with E-state index in [0.717, 1.165) is 24.3 Å². The summed E-state index contributed by atoms with van der Waals surface area (Å²) in [5, 5.41) is 19.8. The van der Waals surface area contributed by atoms with Crippen molar-refractivity contribution in [3.05, 3.63) is 0 Å². The number of aliphatic hydroxyl groups is 2. The van der Waals surface area contributed by atoms with Crippen molar-refractivity contribution in [3.8, 4) is 0 Å². The van der Waals surface area contributed by atoms with Crippen molar-refractivity contribution < 1.29 is 19.7 Å². The Hall–Kier alpha value is 0.190. The van der Waals surface area contributed by atoms with Gasteiger partial charge in [-0.3, -0.25) is 0 Å². The summed E-state index contributed by atoms with van der Waals surface area (Å²) in [5.74, 6) is 1.89. The predicted molar refractivity (Wildman–Crippen MR) is 60.2 cm³/mol. The van der Waals surface area contributed by atoms with E-state index in [4.69, 9.17) is 9.47 Å². The zero-order valence-electron chi connectivity index (χ0n) is 9.26. The second-order valence-electron chi connectivity index (χ2n) is 3.72. The summed E-state index contributed by atoms with van der Waals surface area (Å²) in [6.45, 7) is 0. The van der Waals surface area contributed by atoms with E-state index in [1.54, 1.807) is 26.0 Å². The van der Waals surface area contributed by atoms with E-state index in [9.17, 15) is 10.2 Å². The van der Waals surface area contributed by atoms with Gasteiger partial charge in [-0.1, -0.05) is 0 Å². The fourth-order valence-corrected chi connectivity index (χ4v) is 2.80. The molecule has 0 aromatic heterocycles. The van der Waals surface area contributed by atoms with Crippen molar-refractivity contribution in [1.82, 2.24) is 0 Å². The monoisotopic (exact) mass is 236 g/mol. The average molecular weight is 236 g/mol. The molecule has 0 unspecified atom stereocenters. The molecule has 4 nitrogen and oxygen atoms in total. The largest absolute Gasteiger partial charge is 0.388 e. The second-order valence-corrected chi connectivity index (χ2v) is 4.94. The van der Waals surface area contributed by atoms with Crippen LogP contribution in [0.2, 0.25) is 0 Å². The quantitative estimate of drug-likeness (QED) is 0.720. The van der Waals surface area contributed by atoms with Crippen molar-refractivity contribution in [2.45, 2.75) is 37.3 Å². The highest BCUT2D eigenvalue weighted by molar-refractivity contribution is 7.99. The Morgan fingerprint density at radius 3 is 1.67 bits per heavy atom. The van der Waals surface area contributed by atoms with Gasteiger partial charge in [0.15, 0.2) is 0 Å². The standard InChI is InChI=1S/C10H20O4S/c1-13-7-3-5-15-6-4-8(14-2)10(12)9(7)11/h7-12H,3-6H2,1-2H3/t7-,8-,9+,10+/m0/s1. The summed E-state index contributed by atoms with van der Waals surface area (Å²) in [6, 6.07) is 0. The number of hydrogen-bond acceptors (Lipinski definition) is 5. The lowest BCUT2D eigenvalue weighted by atomic mass is 10.00.